The van der Waals surface area contributed by atoms with Gasteiger partial charge in [0.15, 0.2) is 4.34 Å². The summed E-state index contributed by atoms with van der Waals surface area (Å²) in [7, 11) is 5.70. The number of likely N-dealkylation sites (N-methyl/N-ethyl adjacent to an activating group) is 1. The van der Waals surface area contributed by atoms with Gasteiger partial charge in [-0.2, -0.15) is 0 Å². The highest BCUT2D eigenvalue weighted by atomic mass is 32.2. The van der Waals surface area contributed by atoms with Crippen molar-refractivity contribution in [2.45, 2.75) is 23.2 Å². The number of thioether (sulfide) groups is 1. The molecule has 5 nitrogen and oxygen atoms in total. The number of carbonyl (C=O) groups excluding carboxylic acids is 1. The highest BCUT2D eigenvalue weighted by Crippen LogP contribution is 2.30. The molecule has 0 saturated heterocycles. The Labute approximate surface area is 180 Å². The fourth-order valence-corrected chi connectivity index (χ4v) is 5.19. The zero-order chi connectivity index (χ0) is 20.6. The van der Waals surface area contributed by atoms with Crippen LogP contribution in [0.1, 0.15) is 24.4 Å². The van der Waals surface area contributed by atoms with Crippen LogP contribution in [0.3, 0.4) is 0 Å². The average molecular weight is 430 g/mol. The van der Waals surface area contributed by atoms with Gasteiger partial charge in [-0.15, -0.1) is 11.3 Å². The molecule has 0 bridgehead atoms. The number of hydrogen-bond acceptors (Lipinski definition) is 6. The third-order valence-corrected chi connectivity index (χ3v) is 6.93. The lowest BCUT2D eigenvalue weighted by atomic mass is 10.0. The molecular weight excluding hydrogens is 402 g/mol. The third-order valence-electron chi connectivity index (χ3n) is 4.66. The Morgan fingerprint density at radius 2 is 1.97 bits per heavy atom. The fraction of sp³-hybridized carbons (Fsp3) is 0.364. The van der Waals surface area contributed by atoms with Crippen LogP contribution < -0.4 is 10.1 Å². The van der Waals surface area contributed by atoms with Gasteiger partial charge < -0.3 is 15.0 Å². The monoisotopic (exact) mass is 429 g/mol. The summed E-state index contributed by atoms with van der Waals surface area (Å²) in [4.78, 5) is 19.0. The number of rotatable bonds is 10. The van der Waals surface area contributed by atoms with E-state index in [1.54, 1.807) is 30.2 Å². The van der Waals surface area contributed by atoms with E-state index >= 15 is 0 Å². The third kappa shape index (κ3) is 5.95. The van der Waals surface area contributed by atoms with Crippen LogP contribution in [0.5, 0.6) is 5.75 Å². The van der Waals surface area contributed by atoms with Crippen molar-refractivity contribution in [3.05, 3.63) is 54.1 Å². The van der Waals surface area contributed by atoms with E-state index in [0.717, 1.165) is 33.3 Å². The second kappa shape index (κ2) is 10.6. The van der Waals surface area contributed by atoms with Crippen LogP contribution in [-0.4, -0.2) is 49.3 Å². The van der Waals surface area contributed by atoms with Crippen molar-refractivity contribution < 1.29 is 9.53 Å². The topological polar surface area (TPSA) is 54.5 Å². The maximum Gasteiger partial charge on any atom is 0.220 e. The largest absolute Gasteiger partial charge is 0.496 e. The van der Waals surface area contributed by atoms with E-state index in [2.05, 4.69) is 21.3 Å². The highest BCUT2D eigenvalue weighted by Gasteiger charge is 2.18. The van der Waals surface area contributed by atoms with Crippen molar-refractivity contribution in [1.29, 1.82) is 0 Å². The fourth-order valence-electron chi connectivity index (χ4n) is 3.12. The first-order valence-electron chi connectivity index (χ1n) is 9.63. The SMILES string of the molecule is COc1ccccc1[C@@H](CNC(=O)CCCSc1nc2ccccc2s1)N(C)C. The minimum atomic E-state index is 0.0622. The number of nitrogens with zero attached hydrogens (tertiary/aromatic N) is 2. The number of ether oxygens (including phenoxy) is 1. The van der Waals surface area contributed by atoms with Gasteiger partial charge in [0.05, 0.1) is 23.4 Å². The minimum Gasteiger partial charge on any atom is -0.496 e. The van der Waals surface area contributed by atoms with Crippen molar-refractivity contribution >= 4 is 39.2 Å². The molecule has 1 atom stereocenters. The Morgan fingerprint density at radius 3 is 2.72 bits per heavy atom. The minimum absolute atomic E-state index is 0.0622. The molecule has 154 valence electrons. The highest BCUT2D eigenvalue weighted by molar-refractivity contribution is 8.01. The van der Waals surface area contributed by atoms with Gasteiger partial charge in [0.2, 0.25) is 5.91 Å². The van der Waals surface area contributed by atoms with Crippen LogP contribution >= 0.6 is 23.1 Å². The maximum absolute atomic E-state index is 12.3. The van der Waals surface area contributed by atoms with Gasteiger partial charge in [0, 0.05) is 24.3 Å². The maximum atomic E-state index is 12.3. The van der Waals surface area contributed by atoms with Crippen molar-refractivity contribution in [3.63, 3.8) is 0 Å². The number of aromatic nitrogens is 1. The summed E-state index contributed by atoms with van der Waals surface area (Å²) in [6.07, 6.45) is 1.34. The molecule has 0 spiro atoms. The smallest absolute Gasteiger partial charge is 0.220 e. The zero-order valence-electron chi connectivity index (χ0n) is 17.1. The van der Waals surface area contributed by atoms with Crippen LogP contribution in [-0.2, 0) is 4.79 Å². The average Bonchev–Trinajstić information content (AvgIpc) is 3.14. The first kappa shape index (κ1) is 21.6. The number of carbonyl (C=O) groups is 1. The Kier molecular flexibility index (Phi) is 7.91. The van der Waals surface area contributed by atoms with E-state index in [-0.39, 0.29) is 11.9 Å². The predicted molar refractivity (Wildman–Crippen MR) is 122 cm³/mol. The molecule has 1 heterocycles. The summed E-state index contributed by atoms with van der Waals surface area (Å²) >= 11 is 3.43. The molecular formula is C22H27N3O2S2. The molecule has 0 unspecified atom stereocenters. The lowest BCUT2D eigenvalue weighted by molar-refractivity contribution is -0.121. The van der Waals surface area contributed by atoms with Crippen molar-refractivity contribution in [2.24, 2.45) is 0 Å². The molecule has 0 radical (unpaired) electrons. The Hall–Kier alpha value is -2.09. The number of thiazole rings is 1. The Morgan fingerprint density at radius 1 is 1.21 bits per heavy atom. The van der Waals surface area contributed by atoms with E-state index in [4.69, 9.17) is 4.74 Å². The number of hydrogen-bond donors (Lipinski definition) is 1. The summed E-state index contributed by atoms with van der Waals surface area (Å²) in [5, 5.41) is 3.08. The number of benzene rings is 2. The number of para-hydroxylation sites is 2. The molecule has 0 aliphatic heterocycles. The lowest BCUT2D eigenvalue weighted by Crippen LogP contribution is -2.34. The van der Waals surface area contributed by atoms with Gasteiger partial charge >= 0.3 is 0 Å². The summed E-state index contributed by atoms with van der Waals surface area (Å²) < 4.78 is 7.75. The summed E-state index contributed by atoms with van der Waals surface area (Å²) in [5.41, 5.74) is 2.12. The molecule has 2 aromatic carbocycles. The van der Waals surface area contributed by atoms with E-state index in [9.17, 15) is 4.79 Å². The molecule has 0 saturated carbocycles. The molecule has 0 aliphatic rings. The molecule has 1 amide bonds. The molecule has 3 aromatic rings. The summed E-state index contributed by atoms with van der Waals surface area (Å²) in [5.74, 6) is 1.81. The quantitative estimate of drug-likeness (QED) is 0.377. The summed E-state index contributed by atoms with van der Waals surface area (Å²) in [6, 6.07) is 16.2. The standard InChI is InChI=1S/C22H27N3O2S2/c1-25(2)18(16-9-4-6-11-19(16)27-3)15-23-21(26)13-8-14-28-22-24-17-10-5-7-12-20(17)29-22/h4-7,9-12,18H,8,13-15H2,1-3H3,(H,23,26)/t18-/m1/s1. The molecule has 29 heavy (non-hydrogen) atoms. The van der Waals surface area contributed by atoms with Crippen molar-refractivity contribution in [2.75, 3.05) is 33.5 Å². The van der Waals surface area contributed by atoms with E-state index < -0.39 is 0 Å². The molecule has 0 fully saturated rings. The van der Waals surface area contributed by atoms with E-state index in [0.29, 0.717) is 13.0 Å². The lowest BCUT2D eigenvalue weighted by Gasteiger charge is -2.26. The van der Waals surface area contributed by atoms with Crippen LogP contribution in [0.25, 0.3) is 10.2 Å². The number of fused-ring (bicyclic) bond motifs is 1. The first-order chi connectivity index (χ1) is 14.1. The van der Waals surface area contributed by atoms with Crippen molar-refractivity contribution in [1.82, 2.24) is 15.2 Å². The van der Waals surface area contributed by atoms with Gasteiger partial charge in [-0.05, 0) is 38.7 Å². The second-order valence-electron chi connectivity index (χ2n) is 6.92. The van der Waals surface area contributed by atoms with Gasteiger partial charge in [-0.25, -0.2) is 4.98 Å². The molecule has 7 heteroatoms. The van der Waals surface area contributed by atoms with Crippen LogP contribution in [0.15, 0.2) is 52.9 Å². The number of methoxy groups -OCH3 is 1. The van der Waals surface area contributed by atoms with E-state index in [1.807, 2.05) is 56.6 Å². The van der Waals surface area contributed by atoms with E-state index in [1.165, 1.54) is 4.70 Å². The Bertz CT molecular complexity index is 909. The van der Waals surface area contributed by atoms with Gasteiger partial charge in [-0.1, -0.05) is 42.1 Å². The van der Waals surface area contributed by atoms with Crippen LogP contribution in [0, 0.1) is 0 Å². The normalized spacial score (nSPS) is 12.3. The number of nitrogens with one attached hydrogen (secondary N) is 1. The van der Waals surface area contributed by atoms with Gasteiger partial charge in [0.25, 0.3) is 0 Å². The molecule has 1 aromatic heterocycles. The Balaban J connectivity index is 1.44. The predicted octanol–water partition coefficient (Wildman–Crippen LogP) is 4.60. The zero-order valence-corrected chi connectivity index (χ0v) is 18.7. The summed E-state index contributed by atoms with van der Waals surface area (Å²) in [6.45, 7) is 0.553. The molecule has 0 aliphatic carbocycles. The molecule has 1 N–H and O–H groups in total. The second-order valence-corrected chi connectivity index (χ2v) is 9.30. The van der Waals surface area contributed by atoms with Crippen LogP contribution in [0.4, 0.5) is 0 Å². The van der Waals surface area contributed by atoms with Crippen molar-refractivity contribution in [3.8, 4) is 5.75 Å². The van der Waals surface area contributed by atoms with Gasteiger partial charge in [-0.3, -0.25) is 4.79 Å². The van der Waals surface area contributed by atoms with Gasteiger partial charge in [0.1, 0.15) is 5.75 Å². The molecule has 3 rings (SSSR count). The van der Waals surface area contributed by atoms with Crippen LogP contribution in [0.2, 0.25) is 0 Å². The number of amides is 1. The first-order valence-corrected chi connectivity index (χ1v) is 11.4.